The number of aliphatic hydroxyl groups is 1. The van der Waals surface area contributed by atoms with Gasteiger partial charge in [-0.1, -0.05) is 107 Å². The first-order chi connectivity index (χ1) is 22.4. The third-order valence-corrected chi connectivity index (χ3v) is 10.0. The lowest BCUT2D eigenvalue weighted by Gasteiger charge is -2.23. The first-order valence-corrected chi connectivity index (χ1v) is 18.8. The molecule has 46 heavy (non-hydrogen) atoms. The zero-order chi connectivity index (χ0) is 33.0. The zero-order valence-electron chi connectivity index (χ0n) is 28.9. The first kappa shape index (κ1) is 38.5. The molecule has 0 radical (unpaired) electrons. The molecule has 9 heteroatoms. The van der Waals surface area contributed by atoms with Gasteiger partial charge in [-0.15, -0.1) is 0 Å². The summed E-state index contributed by atoms with van der Waals surface area (Å²) in [6, 6.07) is 0. The van der Waals surface area contributed by atoms with Crippen LogP contribution in [0.3, 0.4) is 0 Å². The van der Waals surface area contributed by atoms with Gasteiger partial charge in [0.05, 0.1) is 41.9 Å². The predicted molar refractivity (Wildman–Crippen MR) is 182 cm³/mol. The van der Waals surface area contributed by atoms with Crippen molar-refractivity contribution in [3.05, 3.63) is 11.6 Å². The maximum atomic E-state index is 11.8. The number of unbranched alkanes of at least 4 members (excludes halogenated alkanes) is 14. The highest BCUT2D eigenvalue weighted by Crippen LogP contribution is 2.34. The number of hydrogen-bond acceptors (Lipinski definition) is 9. The third-order valence-electron chi connectivity index (χ3n) is 10.0. The second-order valence-electron chi connectivity index (χ2n) is 13.9. The van der Waals surface area contributed by atoms with Crippen molar-refractivity contribution in [3.63, 3.8) is 0 Å². The van der Waals surface area contributed by atoms with Crippen molar-refractivity contribution in [1.82, 2.24) is 0 Å². The van der Waals surface area contributed by atoms with Crippen LogP contribution in [0, 0.1) is 0 Å². The number of aliphatic hydroxyl groups excluding tert-OH is 1. The number of rotatable bonds is 25. The number of carbonyl (C=O) groups excluding carboxylic acids is 1. The molecule has 0 unspecified atom stereocenters. The van der Waals surface area contributed by atoms with Crippen LogP contribution < -0.4 is 0 Å². The molecule has 0 aromatic heterocycles. The van der Waals surface area contributed by atoms with Crippen molar-refractivity contribution in [2.75, 3.05) is 0 Å². The lowest BCUT2D eigenvalue weighted by atomic mass is 10.00. The van der Waals surface area contributed by atoms with Crippen LogP contribution in [0.1, 0.15) is 168 Å². The Morgan fingerprint density at radius 1 is 0.783 bits per heavy atom. The minimum Gasteiger partial charge on any atom is -0.455 e. The summed E-state index contributed by atoms with van der Waals surface area (Å²) in [7, 11) is 0. The topological polar surface area (TPSA) is 130 Å². The largest absolute Gasteiger partial charge is 0.455 e. The highest BCUT2D eigenvalue weighted by atomic mass is 16.6. The second-order valence-corrected chi connectivity index (χ2v) is 13.9. The fourth-order valence-electron chi connectivity index (χ4n) is 7.23. The molecule has 3 heterocycles. The molecule has 2 fully saturated rings. The standard InChI is InChI=1S/C37H64N2O7/c1-3-4-5-6-7-11-14-17-20-31(39-43)33-22-24-35(45-33)36-25-23-34(46-36)32(40)21-18-15-12-9-8-10-13-16-19-30(38-42)27-29-26-28(2)44-37(29)41/h26,28,32-36,40,42-43H,3-25,27H2,1-2H3/b38-30+,39-31-/t28-,32+,33+,34+,35-,36-/m0/s1. The molecule has 0 aliphatic carbocycles. The van der Waals surface area contributed by atoms with Gasteiger partial charge in [0.15, 0.2) is 0 Å². The van der Waals surface area contributed by atoms with Gasteiger partial charge in [0.1, 0.15) is 6.10 Å². The summed E-state index contributed by atoms with van der Waals surface area (Å²) in [6.45, 7) is 4.07. The van der Waals surface area contributed by atoms with E-state index in [2.05, 4.69) is 17.2 Å². The number of carbonyl (C=O) groups is 1. The van der Waals surface area contributed by atoms with Crippen LogP contribution in [-0.4, -0.2) is 69.5 Å². The Balaban J connectivity index is 1.17. The van der Waals surface area contributed by atoms with Gasteiger partial charge in [0.2, 0.25) is 0 Å². The molecular weight excluding hydrogens is 584 g/mol. The molecule has 6 atom stereocenters. The van der Waals surface area contributed by atoms with Crippen molar-refractivity contribution in [2.45, 2.75) is 205 Å². The number of ether oxygens (including phenoxy) is 3. The Hall–Kier alpha value is -1.97. The maximum Gasteiger partial charge on any atom is 0.334 e. The van der Waals surface area contributed by atoms with Crippen LogP contribution in [0.2, 0.25) is 0 Å². The lowest BCUT2D eigenvalue weighted by molar-refractivity contribution is -0.139. The Morgan fingerprint density at radius 2 is 1.37 bits per heavy atom. The lowest BCUT2D eigenvalue weighted by Crippen LogP contribution is -2.32. The van der Waals surface area contributed by atoms with E-state index >= 15 is 0 Å². The van der Waals surface area contributed by atoms with E-state index in [1.807, 2.05) is 6.92 Å². The van der Waals surface area contributed by atoms with Gasteiger partial charge < -0.3 is 29.7 Å². The summed E-state index contributed by atoms with van der Waals surface area (Å²) in [5.74, 6) is -0.304. The highest BCUT2D eigenvalue weighted by Gasteiger charge is 2.40. The van der Waals surface area contributed by atoms with Crippen LogP contribution >= 0.6 is 0 Å². The second kappa shape index (κ2) is 22.6. The number of hydrogen-bond donors (Lipinski definition) is 3. The van der Waals surface area contributed by atoms with E-state index in [0.717, 1.165) is 82.8 Å². The summed E-state index contributed by atoms with van der Waals surface area (Å²) in [4.78, 5) is 11.8. The smallest absolute Gasteiger partial charge is 0.334 e. The highest BCUT2D eigenvalue weighted by molar-refractivity contribution is 5.99. The Morgan fingerprint density at radius 3 is 1.98 bits per heavy atom. The van der Waals surface area contributed by atoms with Crippen LogP contribution in [0.25, 0.3) is 0 Å². The van der Waals surface area contributed by atoms with Crippen LogP contribution in [0.5, 0.6) is 0 Å². The first-order valence-electron chi connectivity index (χ1n) is 18.8. The third kappa shape index (κ3) is 14.0. The van der Waals surface area contributed by atoms with Crippen molar-refractivity contribution in [2.24, 2.45) is 10.3 Å². The van der Waals surface area contributed by atoms with Crippen molar-refractivity contribution < 1.29 is 34.5 Å². The molecular formula is C37H64N2O7. The molecule has 3 N–H and O–H groups in total. The van der Waals surface area contributed by atoms with Gasteiger partial charge in [0, 0.05) is 12.0 Å². The molecule has 3 rings (SSSR count). The number of oxime groups is 2. The van der Waals surface area contributed by atoms with E-state index < -0.39 is 6.10 Å². The van der Waals surface area contributed by atoms with Crippen molar-refractivity contribution >= 4 is 17.4 Å². The summed E-state index contributed by atoms with van der Waals surface area (Å²) < 4.78 is 17.7. The van der Waals surface area contributed by atoms with Crippen molar-refractivity contribution in [1.29, 1.82) is 0 Å². The van der Waals surface area contributed by atoms with Crippen LogP contribution in [-0.2, 0) is 19.0 Å². The zero-order valence-corrected chi connectivity index (χ0v) is 28.9. The van der Waals surface area contributed by atoms with Crippen molar-refractivity contribution in [3.8, 4) is 0 Å². The molecule has 3 aliphatic heterocycles. The molecule has 0 saturated carbocycles. The fourth-order valence-corrected chi connectivity index (χ4v) is 7.23. The summed E-state index contributed by atoms with van der Waals surface area (Å²) >= 11 is 0. The van der Waals surface area contributed by atoms with E-state index in [-0.39, 0.29) is 36.5 Å². The number of nitrogens with zero attached hydrogens (tertiary/aromatic N) is 2. The van der Waals surface area contributed by atoms with Crippen LogP contribution in [0.4, 0.5) is 0 Å². The molecule has 0 spiro atoms. The van der Waals surface area contributed by atoms with Gasteiger partial charge in [-0.2, -0.15) is 0 Å². The SMILES string of the molecule is CCCCCCCCCC/C(=N/O)[C@H]1CC[C@@H]([C@@H]2CC[C@H]([C@H](O)CCCCCCCCCC/C(CC3=C[C@H](C)OC3=O)=N\O)O2)O1. The van der Waals surface area contributed by atoms with Gasteiger partial charge in [0.25, 0.3) is 0 Å². The minimum atomic E-state index is -0.425. The predicted octanol–water partition coefficient (Wildman–Crippen LogP) is 8.80. The monoisotopic (exact) mass is 648 g/mol. The quantitative estimate of drug-likeness (QED) is 0.0296. The Bertz CT molecular complexity index is 952. The van der Waals surface area contributed by atoms with E-state index in [4.69, 9.17) is 14.2 Å². The van der Waals surface area contributed by atoms with Gasteiger partial charge in [-0.05, 0) is 70.8 Å². The minimum absolute atomic E-state index is 0.0207. The van der Waals surface area contributed by atoms with E-state index in [1.54, 1.807) is 6.08 Å². The van der Waals surface area contributed by atoms with Gasteiger partial charge in [-0.3, -0.25) is 0 Å². The Labute approximate surface area is 278 Å². The molecule has 0 bridgehead atoms. The normalized spacial score (nSPS) is 26.1. The summed E-state index contributed by atoms with van der Waals surface area (Å²) in [6.07, 6.45) is 26.1. The fraction of sp³-hybridized carbons (Fsp3) is 0.865. The molecule has 264 valence electrons. The van der Waals surface area contributed by atoms with E-state index in [0.29, 0.717) is 24.1 Å². The molecule has 0 amide bonds. The number of esters is 1. The molecule has 2 saturated heterocycles. The van der Waals surface area contributed by atoms with Gasteiger partial charge >= 0.3 is 5.97 Å². The van der Waals surface area contributed by atoms with Gasteiger partial charge in [-0.25, -0.2) is 4.79 Å². The Kier molecular flexibility index (Phi) is 18.9. The molecule has 9 nitrogen and oxygen atoms in total. The van der Waals surface area contributed by atoms with Crippen LogP contribution in [0.15, 0.2) is 22.0 Å². The average molecular weight is 649 g/mol. The summed E-state index contributed by atoms with van der Waals surface area (Å²) in [5.41, 5.74) is 2.02. The molecule has 0 aromatic rings. The molecule has 3 aliphatic rings. The van der Waals surface area contributed by atoms with E-state index in [9.17, 15) is 20.3 Å². The summed E-state index contributed by atoms with van der Waals surface area (Å²) in [5, 5.41) is 36.7. The van der Waals surface area contributed by atoms with E-state index in [1.165, 1.54) is 64.2 Å². The maximum absolute atomic E-state index is 11.8. The number of cyclic esters (lactones) is 1. The molecule has 0 aromatic carbocycles. The average Bonchev–Trinajstić information content (AvgIpc) is 3.81.